The van der Waals surface area contributed by atoms with Crippen LogP contribution in [-0.4, -0.2) is 36.5 Å². The van der Waals surface area contributed by atoms with Crippen LogP contribution in [0.15, 0.2) is 53.5 Å². The van der Waals surface area contributed by atoms with Crippen LogP contribution >= 0.6 is 0 Å². The van der Waals surface area contributed by atoms with Gasteiger partial charge in [-0.1, -0.05) is 26.7 Å². The largest absolute Gasteiger partial charge is 0.449 e. The first-order valence-electron chi connectivity index (χ1n) is 10.8. The predicted octanol–water partition coefficient (Wildman–Crippen LogP) is 3.05. The molecule has 0 saturated carbocycles. The third kappa shape index (κ3) is 8.29. The van der Waals surface area contributed by atoms with Crippen molar-refractivity contribution in [2.75, 3.05) is 6.54 Å². The number of aliphatic imine (C=N–C) groups is 1. The Kier molecular flexibility index (Phi) is 9.88. The zero-order valence-electron chi connectivity index (χ0n) is 18.9. The smallest absolute Gasteiger partial charge is 0.343 e. The monoisotopic (exact) mass is 454 g/mol. The second-order valence-corrected chi connectivity index (χ2v) is 7.32. The van der Waals surface area contributed by atoms with Gasteiger partial charge in [-0.15, -0.1) is 0 Å². The normalized spacial score (nSPS) is 11.2. The molecule has 0 aromatic heterocycles. The lowest BCUT2D eigenvalue weighted by molar-refractivity contribution is -0.130. The molecule has 0 aliphatic heterocycles. The van der Waals surface area contributed by atoms with Gasteiger partial charge in [0.1, 0.15) is 5.75 Å². The molecule has 0 spiro atoms. The maximum absolute atomic E-state index is 12.5. The van der Waals surface area contributed by atoms with Gasteiger partial charge < -0.3 is 26.3 Å². The van der Waals surface area contributed by atoms with Gasteiger partial charge in [0, 0.05) is 6.54 Å². The molecule has 2 aromatic carbocycles. The van der Waals surface area contributed by atoms with Gasteiger partial charge in [-0.25, -0.2) is 14.6 Å². The Morgan fingerprint density at radius 3 is 2.09 bits per heavy atom. The molecular weight excluding hydrogens is 424 g/mol. The summed E-state index contributed by atoms with van der Waals surface area (Å²) in [5, 5.41) is 2.79. The molecule has 176 valence electrons. The molecule has 0 saturated heterocycles. The van der Waals surface area contributed by atoms with Crippen LogP contribution in [0.1, 0.15) is 60.2 Å². The van der Waals surface area contributed by atoms with Crippen molar-refractivity contribution in [3.8, 4) is 5.75 Å². The number of carbonyl (C=O) groups excluding carboxylic acids is 3. The number of nitrogens with one attached hydrogen (secondary N) is 1. The van der Waals surface area contributed by atoms with Gasteiger partial charge in [0.05, 0.1) is 16.8 Å². The van der Waals surface area contributed by atoms with E-state index >= 15 is 0 Å². The summed E-state index contributed by atoms with van der Waals surface area (Å²) in [6.45, 7) is 4.49. The fourth-order valence-corrected chi connectivity index (χ4v) is 2.85. The maximum Gasteiger partial charge on any atom is 0.343 e. The van der Waals surface area contributed by atoms with Crippen LogP contribution < -0.4 is 21.5 Å². The number of amides is 1. The number of ether oxygens (including phenoxy) is 2. The van der Waals surface area contributed by atoms with Crippen molar-refractivity contribution in [2.45, 2.75) is 45.6 Å². The van der Waals surface area contributed by atoms with Crippen LogP contribution in [-0.2, 0) is 9.53 Å². The van der Waals surface area contributed by atoms with E-state index < -0.39 is 18.0 Å². The third-order valence-corrected chi connectivity index (χ3v) is 4.58. The molecule has 0 aliphatic rings. The summed E-state index contributed by atoms with van der Waals surface area (Å²) in [5.41, 5.74) is 11.7. The van der Waals surface area contributed by atoms with Crippen molar-refractivity contribution >= 4 is 29.5 Å². The van der Waals surface area contributed by atoms with Crippen molar-refractivity contribution in [1.82, 2.24) is 5.32 Å². The van der Waals surface area contributed by atoms with Crippen LogP contribution in [0.5, 0.6) is 5.75 Å². The zero-order valence-corrected chi connectivity index (χ0v) is 18.9. The molecule has 2 rings (SSSR count). The van der Waals surface area contributed by atoms with Gasteiger partial charge in [0.2, 0.25) is 0 Å². The molecule has 9 heteroatoms. The Hall–Kier alpha value is -3.88. The minimum absolute atomic E-state index is 0.0814. The van der Waals surface area contributed by atoms with Gasteiger partial charge in [-0.2, -0.15) is 0 Å². The van der Waals surface area contributed by atoms with Gasteiger partial charge in [-0.05, 0) is 61.4 Å². The number of hydrogen-bond donors (Lipinski definition) is 3. The SMILES string of the molecule is CCCCNC(=O)C(CCC)OC(=O)c1ccc(OC(=O)c2ccc(N=C(N)N)cc2)cc1. The highest BCUT2D eigenvalue weighted by molar-refractivity contribution is 5.93. The lowest BCUT2D eigenvalue weighted by Crippen LogP contribution is -2.38. The minimum atomic E-state index is -0.848. The number of esters is 2. The standard InChI is InChI=1S/C24H30N4O5/c1-3-5-15-27-21(29)20(6-4-2)33-23(31)17-9-13-19(14-10-17)32-22(30)16-7-11-18(12-8-16)28-24(25)26/h7-14,20H,3-6,15H2,1-2H3,(H,27,29)(H4,25,26,28). The minimum Gasteiger partial charge on any atom is -0.449 e. The maximum atomic E-state index is 12.5. The molecule has 0 bridgehead atoms. The highest BCUT2D eigenvalue weighted by atomic mass is 16.5. The van der Waals surface area contributed by atoms with E-state index in [0.29, 0.717) is 30.6 Å². The molecule has 0 aliphatic carbocycles. The van der Waals surface area contributed by atoms with Crippen LogP contribution in [0.25, 0.3) is 0 Å². The van der Waals surface area contributed by atoms with E-state index in [1.165, 1.54) is 36.4 Å². The first-order valence-corrected chi connectivity index (χ1v) is 10.8. The number of nitrogens with two attached hydrogens (primary N) is 2. The zero-order chi connectivity index (χ0) is 24.2. The van der Waals surface area contributed by atoms with Crippen molar-refractivity contribution < 1.29 is 23.9 Å². The molecule has 33 heavy (non-hydrogen) atoms. The second kappa shape index (κ2) is 12.8. The Morgan fingerprint density at radius 2 is 1.52 bits per heavy atom. The van der Waals surface area contributed by atoms with Gasteiger partial charge in [0.15, 0.2) is 12.1 Å². The van der Waals surface area contributed by atoms with E-state index in [-0.39, 0.29) is 23.2 Å². The Morgan fingerprint density at radius 1 is 0.909 bits per heavy atom. The average Bonchev–Trinajstić information content (AvgIpc) is 2.79. The van der Waals surface area contributed by atoms with Crippen molar-refractivity contribution in [1.29, 1.82) is 0 Å². The third-order valence-electron chi connectivity index (χ3n) is 4.58. The summed E-state index contributed by atoms with van der Waals surface area (Å²) in [5.74, 6) is -1.31. The fraction of sp³-hybridized carbons (Fsp3) is 0.333. The summed E-state index contributed by atoms with van der Waals surface area (Å²) < 4.78 is 10.7. The quantitative estimate of drug-likeness (QED) is 0.155. The Balaban J connectivity index is 1.97. The Bertz CT molecular complexity index is 967. The summed E-state index contributed by atoms with van der Waals surface area (Å²) in [6, 6.07) is 12.2. The summed E-state index contributed by atoms with van der Waals surface area (Å²) in [6.07, 6.45) is 2.10. The van der Waals surface area contributed by atoms with Crippen LogP contribution in [0.3, 0.4) is 0 Å². The van der Waals surface area contributed by atoms with E-state index in [1.54, 1.807) is 12.1 Å². The fourth-order valence-electron chi connectivity index (χ4n) is 2.85. The first-order chi connectivity index (χ1) is 15.8. The second-order valence-electron chi connectivity index (χ2n) is 7.32. The molecule has 9 nitrogen and oxygen atoms in total. The molecule has 1 atom stereocenters. The number of hydrogen-bond acceptors (Lipinski definition) is 6. The van der Waals surface area contributed by atoms with E-state index in [1.807, 2.05) is 13.8 Å². The van der Waals surface area contributed by atoms with Gasteiger partial charge >= 0.3 is 11.9 Å². The van der Waals surface area contributed by atoms with E-state index in [4.69, 9.17) is 20.9 Å². The summed E-state index contributed by atoms with van der Waals surface area (Å²) in [7, 11) is 0. The number of unbranched alkanes of at least 4 members (excludes halogenated alkanes) is 1. The number of guanidine groups is 1. The van der Waals surface area contributed by atoms with Crippen LogP contribution in [0, 0.1) is 0 Å². The summed E-state index contributed by atoms with van der Waals surface area (Å²) >= 11 is 0. The highest BCUT2D eigenvalue weighted by Crippen LogP contribution is 2.18. The number of rotatable bonds is 11. The Labute approximate surface area is 193 Å². The van der Waals surface area contributed by atoms with Crippen molar-refractivity contribution in [2.24, 2.45) is 16.5 Å². The summed E-state index contributed by atoms with van der Waals surface area (Å²) in [4.78, 5) is 41.0. The molecule has 0 heterocycles. The lowest BCUT2D eigenvalue weighted by atomic mass is 10.1. The van der Waals surface area contributed by atoms with Crippen molar-refractivity contribution in [3.63, 3.8) is 0 Å². The van der Waals surface area contributed by atoms with E-state index in [2.05, 4.69) is 10.3 Å². The predicted molar refractivity (Wildman–Crippen MR) is 125 cm³/mol. The molecule has 1 unspecified atom stereocenters. The molecule has 1 amide bonds. The molecule has 5 N–H and O–H groups in total. The number of carbonyl (C=O) groups is 3. The van der Waals surface area contributed by atoms with E-state index in [0.717, 1.165) is 12.8 Å². The van der Waals surface area contributed by atoms with Crippen molar-refractivity contribution in [3.05, 3.63) is 59.7 Å². The number of nitrogens with zero attached hydrogens (tertiary/aromatic N) is 1. The van der Waals surface area contributed by atoms with Crippen LogP contribution in [0.2, 0.25) is 0 Å². The molecular formula is C24H30N4O5. The molecule has 0 fully saturated rings. The van der Waals surface area contributed by atoms with E-state index in [9.17, 15) is 14.4 Å². The highest BCUT2D eigenvalue weighted by Gasteiger charge is 2.22. The molecule has 2 aromatic rings. The van der Waals surface area contributed by atoms with Crippen LogP contribution in [0.4, 0.5) is 5.69 Å². The average molecular weight is 455 g/mol. The first kappa shape index (κ1) is 25.4. The topological polar surface area (TPSA) is 146 Å². The molecule has 0 radical (unpaired) electrons. The lowest BCUT2D eigenvalue weighted by Gasteiger charge is -2.17. The number of benzene rings is 2. The van der Waals surface area contributed by atoms with Gasteiger partial charge in [0.25, 0.3) is 5.91 Å². The van der Waals surface area contributed by atoms with Gasteiger partial charge in [-0.3, -0.25) is 4.79 Å².